The summed E-state index contributed by atoms with van der Waals surface area (Å²) in [6, 6.07) is 14.8. The average molecular weight is 414 g/mol. The van der Waals surface area contributed by atoms with Crippen molar-refractivity contribution in [3.63, 3.8) is 0 Å². The van der Waals surface area contributed by atoms with Gasteiger partial charge in [0, 0.05) is 11.3 Å². The van der Waals surface area contributed by atoms with E-state index in [1.165, 1.54) is 30.0 Å². The molecule has 150 valence electrons. The van der Waals surface area contributed by atoms with Gasteiger partial charge in [-0.25, -0.2) is 4.39 Å². The Morgan fingerprint density at radius 2 is 1.93 bits per heavy atom. The highest BCUT2D eigenvalue weighted by molar-refractivity contribution is 7.99. The molecule has 1 N–H and O–H groups in total. The third-order valence-electron chi connectivity index (χ3n) is 3.83. The molecular weight excluding hydrogens is 395 g/mol. The molecule has 0 radical (unpaired) electrons. The summed E-state index contributed by atoms with van der Waals surface area (Å²) >= 11 is 1.20. The summed E-state index contributed by atoms with van der Waals surface area (Å²) in [5.41, 5.74) is 1.01. The number of nitrogens with zero attached hydrogens (tertiary/aromatic N) is 3. The van der Waals surface area contributed by atoms with Gasteiger partial charge in [-0.05, 0) is 37.3 Å². The van der Waals surface area contributed by atoms with Crippen molar-refractivity contribution in [3.8, 4) is 5.69 Å². The van der Waals surface area contributed by atoms with E-state index in [-0.39, 0.29) is 23.8 Å². The van der Waals surface area contributed by atoms with Gasteiger partial charge < -0.3 is 10.1 Å². The van der Waals surface area contributed by atoms with Crippen molar-refractivity contribution in [1.29, 1.82) is 0 Å². The molecular formula is C20H19FN4O3S. The molecule has 1 heterocycles. The SMILES string of the molecule is CCOC(=O)CSc1nnc(CNC(=O)c2cccc(F)c2)n1-c1ccccc1. The number of benzene rings is 2. The largest absolute Gasteiger partial charge is 0.465 e. The molecule has 3 rings (SSSR count). The zero-order valence-corrected chi connectivity index (χ0v) is 16.5. The van der Waals surface area contributed by atoms with E-state index in [1.54, 1.807) is 11.5 Å². The van der Waals surface area contributed by atoms with Crippen molar-refractivity contribution in [3.05, 3.63) is 71.8 Å². The number of esters is 1. The lowest BCUT2D eigenvalue weighted by Crippen LogP contribution is -2.24. The Kier molecular flexibility index (Phi) is 6.96. The summed E-state index contributed by atoms with van der Waals surface area (Å²) in [4.78, 5) is 24.0. The zero-order chi connectivity index (χ0) is 20.6. The molecule has 7 nitrogen and oxygen atoms in total. The summed E-state index contributed by atoms with van der Waals surface area (Å²) < 4.78 is 20.0. The fourth-order valence-electron chi connectivity index (χ4n) is 2.56. The molecule has 0 spiro atoms. The Labute approximate surface area is 171 Å². The fourth-order valence-corrected chi connectivity index (χ4v) is 3.33. The van der Waals surface area contributed by atoms with E-state index in [2.05, 4.69) is 15.5 Å². The number of rotatable bonds is 8. The molecule has 1 amide bonds. The standard InChI is InChI=1S/C20H19FN4O3S/c1-2-28-18(26)13-29-20-24-23-17(25(20)16-9-4-3-5-10-16)12-22-19(27)14-7-6-8-15(21)11-14/h3-11H,2,12-13H2,1H3,(H,22,27). The van der Waals surface area contributed by atoms with Crippen LogP contribution in [-0.4, -0.2) is 39.0 Å². The first-order valence-electron chi connectivity index (χ1n) is 8.90. The van der Waals surface area contributed by atoms with Gasteiger partial charge in [-0.1, -0.05) is 36.0 Å². The molecule has 0 atom stereocenters. The van der Waals surface area contributed by atoms with Crippen LogP contribution in [-0.2, 0) is 16.1 Å². The first-order valence-corrected chi connectivity index (χ1v) is 9.89. The number of para-hydroxylation sites is 1. The predicted molar refractivity (Wildman–Crippen MR) is 106 cm³/mol. The van der Waals surface area contributed by atoms with Gasteiger partial charge >= 0.3 is 5.97 Å². The molecule has 0 unspecified atom stereocenters. The van der Waals surface area contributed by atoms with E-state index in [0.29, 0.717) is 17.6 Å². The second kappa shape index (κ2) is 9.83. The van der Waals surface area contributed by atoms with Crippen molar-refractivity contribution >= 4 is 23.6 Å². The maximum atomic E-state index is 13.3. The molecule has 2 aromatic carbocycles. The molecule has 0 aliphatic heterocycles. The normalized spacial score (nSPS) is 10.6. The number of ether oxygens (including phenoxy) is 1. The van der Waals surface area contributed by atoms with Crippen LogP contribution in [0.3, 0.4) is 0 Å². The van der Waals surface area contributed by atoms with Crippen LogP contribution < -0.4 is 5.32 Å². The minimum atomic E-state index is -0.484. The van der Waals surface area contributed by atoms with Gasteiger partial charge in [0.2, 0.25) is 0 Å². The van der Waals surface area contributed by atoms with Crippen LogP contribution >= 0.6 is 11.8 Å². The number of carbonyl (C=O) groups excluding carboxylic acids is 2. The van der Waals surface area contributed by atoms with E-state index in [1.807, 2.05) is 30.3 Å². The van der Waals surface area contributed by atoms with Gasteiger partial charge in [-0.2, -0.15) is 0 Å². The van der Waals surface area contributed by atoms with E-state index in [4.69, 9.17) is 4.74 Å². The summed E-state index contributed by atoms with van der Waals surface area (Å²) in [5, 5.41) is 11.5. The summed E-state index contributed by atoms with van der Waals surface area (Å²) in [6.07, 6.45) is 0. The smallest absolute Gasteiger partial charge is 0.316 e. The molecule has 0 aliphatic carbocycles. The average Bonchev–Trinajstić information content (AvgIpc) is 3.14. The van der Waals surface area contributed by atoms with E-state index >= 15 is 0 Å². The fraction of sp³-hybridized carbons (Fsp3) is 0.200. The Morgan fingerprint density at radius 3 is 2.66 bits per heavy atom. The first kappa shape index (κ1) is 20.5. The number of nitrogens with one attached hydrogen (secondary N) is 1. The predicted octanol–water partition coefficient (Wildman–Crippen LogP) is 2.99. The van der Waals surface area contributed by atoms with Crippen molar-refractivity contribution < 1.29 is 18.7 Å². The van der Waals surface area contributed by atoms with Crippen LogP contribution in [0.4, 0.5) is 4.39 Å². The van der Waals surface area contributed by atoms with Gasteiger partial charge in [0.1, 0.15) is 5.82 Å². The van der Waals surface area contributed by atoms with Crippen molar-refractivity contribution in [2.24, 2.45) is 0 Å². The second-order valence-electron chi connectivity index (χ2n) is 5.86. The molecule has 9 heteroatoms. The zero-order valence-electron chi connectivity index (χ0n) is 15.7. The van der Waals surface area contributed by atoms with Gasteiger partial charge in [-0.15, -0.1) is 10.2 Å². The van der Waals surface area contributed by atoms with Gasteiger partial charge in [0.15, 0.2) is 11.0 Å². The van der Waals surface area contributed by atoms with Crippen LogP contribution in [0.15, 0.2) is 59.8 Å². The number of carbonyl (C=O) groups is 2. The van der Waals surface area contributed by atoms with Crippen molar-refractivity contribution in [2.45, 2.75) is 18.6 Å². The monoisotopic (exact) mass is 414 g/mol. The number of thioether (sulfide) groups is 1. The molecule has 1 aromatic heterocycles. The van der Waals surface area contributed by atoms with E-state index in [0.717, 1.165) is 11.8 Å². The molecule has 0 saturated heterocycles. The van der Waals surface area contributed by atoms with Crippen LogP contribution in [0.2, 0.25) is 0 Å². The molecule has 29 heavy (non-hydrogen) atoms. The quantitative estimate of drug-likeness (QED) is 0.451. The third-order valence-corrected chi connectivity index (χ3v) is 4.74. The Hall–Kier alpha value is -3.20. The summed E-state index contributed by atoms with van der Waals surface area (Å²) in [5.74, 6) is -0.682. The number of aromatic nitrogens is 3. The maximum Gasteiger partial charge on any atom is 0.316 e. The second-order valence-corrected chi connectivity index (χ2v) is 6.80. The third kappa shape index (κ3) is 5.41. The topological polar surface area (TPSA) is 86.1 Å². The Bertz CT molecular complexity index is 994. The molecule has 0 saturated carbocycles. The van der Waals surface area contributed by atoms with Crippen LogP contribution in [0, 0.1) is 5.82 Å². The summed E-state index contributed by atoms with van der Waals surface area (Å²) in [6.45, 7) is 2.13. The van der Waals surface area contributed by atoms with Crippen LogP contribution in [0.5, 0.6) is 0 Å². The van der Waals surface area contributed by atoms with Gasteiger partial charge in [-0.3, -0.25) is 14.2 Å². The summed E-state index contributed by atoms with van der Waals surface area (Å²) in [7, 11) is 0. The number of hydrogen-bond acceptors (Lipinski definition) is 6. The van der Waals surface area contributed by atoms with Crippen molar-refractivity contribution in [1.82, 2.24) is 20.1 Å². The van der Waals surface area contributed by atoms with Crippen LogP contribution in [0.1, 0.15) is 23.1 Å². The Morgan fingerprint density at radius 1 is 1.14 bits per heavy atom. The van der Waals surface area contributed by atoms with Gasteiger partial charge in [0.25, 0.3) is 5.91 Å². The number of hydrogen-bond donors (Lipinski definition) is 1. The molecule has 0 aliphatic rings. The van der Waals surface area contributed by atoms with E-state index in [9.17, 15) is 14.0 Å². The first-order chi connectivity index (χ1) is 14.1. The van der Waals surface area contributed by atoms with Crippen LogP contribution in [0.25, 0.3) is 5.69 Å². The molecule has 3 aromatic rings. The highest BCUT2D eigenvalue weighted by atomic mass is 32.2. The highest BCUT2D eigenvalue weighted by Crippen LogP contribution is 2.22. The number of amides is 1. The number of halogens is 1. The lowest BCUT2D eigenvalue weighted by Gasteiger charge is -2.11. The lowest BCUT2D eigenvalue weighted by atomic mass is 10.2. The maximum absolute atomic E-state index is 13.3. The molecule has 0 bridgehead atoms. The lowest BCUT2D eigenvalue weighted by molar-refractivity contribution is -0.139. The van der Waals surface area contributed by atoms with Crippen molar-refractivity contribution in [2.75, 3.05) is 12.4 Å². The highest BCUT2D eigenvalue weighted by Gasteiger charge is 2.17. The molecule has 0 fully saturated rings. The minimum absolute atomic E-state index is 0.0806. The minimum Gasteiger partial charge on any atom is -0.465 e. The van der Waals surface area contributed by atoms with Gasteiger partial charge in [0.05, 0.1) is 18.9 Å². The van der Waals surface area contributed by atoms with E-state index < -0.39 is 11.7 Å². The Balaban J connectivity index is 1.79.